The molecule has 1 N–H and O–H groups in total. The number of rotatable bonds is 10. The lowest BCUT2D eigenvalue weighted by Gasteiger charge is -2.17. The molecule has 2 aromatic rings. The molecule has 0 bridgehead atoms. The maximum Gasteiger partial charge on any atom is 0.226 e. The van der Waals surface area contributed by atoms with Crippen molar-refractivity contribution in [3.63, 3.8) is 0 Å². The number of likely N-dealkylation sites (N-methyl/N-ethyl adjacent to an activating group) is 1. The monoisotopic (exact) mass is 361 g/mol. The molecule has 2 rings (SSSR count). The summed E-state index contributed by atoms with van der Waals surface area (Å²) in [5, 5.41) is 5.76. The van der Waals surface area contributed by atoms with Crippen LogP contribution in [-0.4, -0.2) is 42.0 Å². The highest BCUT2D eigenvalue weighted by Crippen LogP contribution is 2.16. The quantitative estimate of drug-likeness (QED) is 0.707. The van der Waals surface area contributed by atoms with Gasteiger partial charge in [0.25, 0.3) is 0 Å². The number of thiazole rings is 1. The van der Waals surface area contributed by atoms with Gasteiger partial charge in [-0.1, -0.05) is 31.5 Å². The van der Waals surface area contributed by atoms with Gasteiger partial charge in [0.05, 0.1) is 12.1 Å². The normalized spacial score (nSPS) is 10.9. The van der Waals surface area contributed by atoms with Crippen molar-refractivity contribution in [1.82, 2.24) is 15.2 Å². The molecule has 0 saturated heterocycles. The molecular formula is C19H27N3O2S. The maximum absolute atomic E-state index is 12.0. The van der Waals surface area contributed by atoms with Crippen LogP contribution in [0.5, 0.6) is 5.75 Å². The van der Waals surface area contributed by atoms with Crippen LogP contribution in [0.15, 0.2) is 29.6 Å². The molecule has 0 aliphatic rings. The highest BCUT2D eigenvalue weighted by atomic mass is 32.1. The van der Waals surface area contributed by atoms with Crippen LogP contribution in [-0.2, 0) is 17.8 Å². The number of hydrogen-bond donors (Lipinski definition) is 1. The molecule has 0 unspecified atom stereocenters. The molecule has 1 heterocycles. The average molecular weight is 362 g/mol. The summed E-state index contributed by atoms with van der Waals surface area (Å²) in [5.41, 5.74) is 2.00. The topological polar surface area (TPSA) is 54.5 Å². The summed E-state index contributed by atoms with van der Waals surface area (Å²) in [4.78, 5) is 18.8. The molecule has 0 spiro atoms. The van der Waals surface area contributed by atoms with Crippen LogP contribution in [0.25, 0.3) is 0 Å². The van der Waals surface area contributed by atoms with Crippen LogP contribution in [0.2, 0.25) is 0 Å². The molecule has 0 saturated carbocycles. The van der Waals surface area contributed by atoms with E-state index < -0.39 is 0 Å². The van der Waals surface area contributed by atoms with Crippen LogP contribution in [0.1, 0.15) is 30.1 Å². The summed E-state index contributed by atoms with van der Waals surface area (Å²) in [6.45, 7) is 10.3. The van der Waals surface area contributed by atoms with Gasteiger partial charge in [-0.25, -0.2) is 4.98 Å². The minimum Gasteiger partial charge on any atom is -0.486 e. The van der Waals surface area contributed by atoms with Gasteiger partial charge in [0.1, 0.15) is 17.4 Å². The molecule has 1 aromatic heterocycles. The van der Waals surface area contributed by atoms with E-state index in [0.29, 0.717) is 19.6 Å². The largest absolute Gasteiger partial charge is 0.486 e. The second-order valence-corrected chi connectivity index (χ2v) is 6.83. The first-order chi connectivity index (χ1) is 12.1. The van der Waals surface area contributed by atoms with E-state index in [2.05, 4.69) is 29.0 Å². The molecule has 0 aliphatic carbocycles. The number of nitrogens with zero attached hydrogens (tertiary/aromatic N) is 2. The van der Waals surface area contributed by atoms with Crippen molar-refractivity contribution in [2.75, 3.05) is 26.2 Å². The van der Waals surface area contributed by atoms with Gasteiger partial charge in [-0.3, -0.25) is 4.79 Å². The van der Waals surface area contributed by atoms with Crippen LogP contribution < -0.4 is 10.1 Å². The van der Waals surface area contributed by atoms with Crippen LogP contribution >= 0.6 is 11.3 Å². The van der Waals surface area contributed by atoms with Crippen molar-refractivity contribution in [3.8, 4) is 5.75 Å². The van der Waals surface area contributed by atoms with Gasteiger partial charge in [0, 0.05) is 18.5 Å². The third-order valence-electron chi connectivity index (χ3n) is 3.97. The zero-order chi connectivity index (χ0) is 18.1. The summed E-state index contributed by atoms with van der Waals surface area (Å²) >= 11 is 1.53. The van der Waals surface area contributed by atoms with Crippen molar-refractivity contribution in [2.24, 2.45) is 0 Å². The number of ether oxygens (including phenoxy) is 1. The molecule has 6 heteroatoms. The maximum atomic E-state index is 12.0. The van der Waals surface area contributed by atoms with E-state index in [1.54, 1.807) is 0 Å². The number of amides is 1. The van der Waals surface area contributed by atoms with Gasteiger partial charge in [0.15, 0.2) is 0 Å². The fourth-order valence-corrected chi connectivity index (χ4v) is 3.10. The zero-order valence-corrected chi connectivity index (χ0v) is 16.1. The van der Waals surface area contributed by atoms with Crippen LogP contribution in [0.3, 0.4) is 0 Å². The van der Waals surface area contributed by atoms with Crippen molar-refractivity contribution in [2.45, 2.75) is 33.8 Å². The van der Waals surface area contributed by atoms with Gasteiger partial charge >= 0.3 is 0 Å². The number of nitrogens with one attached hydrogen (secondary N) is 1. The van der Waals surface area contributed by atoms with E-state index in [0.717, 1.165) is 36.1 Å². The standard InChI is InChI=1S/C19H27N3O2S/c1-4-22(5-2)11-10-20-18(23)12-16-14-25-19(21-16)13-24-17-8-6-15(3)7-9-17/h6-9,14H,4-5,10-13H2,1-3H3,(H,20,23). The summed E-state index contributed by atoms with van der Waals surface area (Å²) in [5.74, 6) is 0.847. The minimum atomic E-state index is 0.0171. The van der Waals surface area contributed by atoms with E-state index in [-0.39, 0.29) is 5.91 Å². The van der Waals surface area contributed by atoms with E-state index in [4.69, 9.17) is 4.74 Å². The molecule has 0 atom stereocenters. The Labute approximate surface area is 154 Å². The molecule has 5 nitrogen and oxygen atoms in total. The molecule has 136 valence electrons. The Bertz CT molecular complexity index is 651. The molecule has 1 amide bonds. The number of carbonyl (C=O) groups is 1. The van der Waals surface area contributed by atoms with Gasteiger partial charge in [-0.05, 0) is 32.1 Å². The molecule has 0 aliphatic heterocycles. The highest BCUT2D eigenvalue weighted by molar-refractivity contribution is 7.09. The predicted molar refractivity (Wildman–Crippen MR) is 102 cm³/mol. The van der Waals surface area contributed by atoms with Crippen molar-refractivity contribution >= 4 is 17.2 Å². The number of aromatic nitrogens is 1. The van der Waals surface area contributed by atoms with Gasteiger partial charge in [0.2, 0.25) is 5.91 Å². The summed E-state index contributed by atoms with van der Waals surface area (Å²) < 4.78 is 5.72. The van der Waals surface area contributed by atoms with Crippen molar-refractivity contribution in [1.29, 1.82) is 0 Å². The Morgan fingerprint density at radius 2 is 1.96 bits per heavy atom. The Hall–Kier alpha value is -1.92. The molecular weight excluding hydrogens is 334 g/mol. The second-order valence-electron chi connectivity index (χ2n) is 5.89. The van der Waals surface area contributed by atoms with Gasteiger partial charge in [-0.2, -0.15) is 0 Å². The second kappa shape index (κ2) is 10.2. The molecule has 1 aromatic carbocycles. The van der Waals surface area contributed by atoms with Crippen LogP contribution in [0, 0.1) is 6.92 Å². The number of hydrogen-bond acceptors (Lipinski definition) is 5. The van der Waals surface area contributed by atoms with E-state index in [9.17, 15) is 4.79 Å². The number of benzene rings is 1. The van der Waals surface area contributed by atoms with Crippen LogP contribution in [0.4, 0.5) is 0 Å². The minimum absolute atomic E-state index is 0.0171. The fourth-order valence-electron chi connectivity index (χ4n) is 2.40. The fraction of sp³-hybridized carbons (Fsp3) is 0.474. The van der Waals surface area contributed by atoms with Gasteiger partial charge in [-0.15, -0.1) is 11.3 Å². The lowest BCUT2D eigenvalue weighted by molar-refractivity contribution is -0.120. The van der Waals surface area contributed by atoms with E-state index in [1.165, 1.54) is 16.9 Å². The number of aryl methyl sites for hydroxylation is 1. The molecule has 25 heavy (non-hydrogen) atoms. The summed E-state index contributed by atoms with van der Waals surface area (Å²) in [6.07, 6.45) is 0.319. The molecule has 0 fully saturated rings. The Morgan fingerprint density at radius 3 is 2.64 bits per heavy atom. The highest BCUT2D eigenvalue weighted by Gasteiger charge is 2.08. The Balaban J connectivity index is 1.73. The third-order valence-corrected chi connectivity index (χ3v) is 4.84. The zero-order valence-electron chi connectivity index (χ0n) is 15.2. The first kappa shape index (κ1) is 19.4. The van der Waals surface area contributed by atoms with E-state index >= 15 is 0 Å². The smallest absolute Gasteiger partial charge is 0.226 e. The first-order valence-corrected chi connectivity index (χ1v) is 9.60. The Kier molecular flexibility index (Phi) is 7.88. The van der Waals surface area contributed by atoms with E-state index in [1.807, 2.05) is 36.6 Å². The SMILES string of the molecule is CCN(CC)CCNC(=O)Cc1csc(COc2ccc(C)cc2)n1. The predicted octanol–water partition coefficient (Wildman–Crippen LogP) is 3.03. The third kappa shape index (κ3) is 6.84. The van der Waals surface area contributed by atoms with Crippen molar-refractivity contribution in [3.05, 3.63) is 45.9 Å². The Morgan fingerprint density at radius 1 is 1.24 bits per heavy atom. The lowest BCUT2D eigenvalue weighted by atomic mass is 10.2. The summed E-state index contributed by atoms with van der Waals surface area (Å²) in [7, 11) is 0. The first-order valence-electron chi connectivity index (χ1n) is 8.72. The lowest BCUT2D eigenvalue weighted by Crippen LogP contribution is -2.35. The average Bonchev–Trinajstić information content (AvgIpc) is 3.05. The van der Waals surface area contributed by atoms with Gasteiger partial charge < -0.3 is 15.0 Å². The number of carbonyl (C=O) groups excluding carboxylic acids is 1. The summed E-state index contributed by atoms with van der Waals surface area (Å²) in [6, 6.07) is 7.94. The van der Waals surface area contributed by atoms with Crippen molar-refractivity contribution < 1.29 is 9.53 Å². The molecule has 0 radical (unpaired) electrons.